The molecule has 1 aromatic rings. The molecule has 2 aliphatic rings. The van der Waals surface area contributed by atoms with E-state index in [-0.39, 0.29) is 12.0 Å². The van der Waals surface area contributed by atoms with Gasteiger partial charge in [-0.25, -0.2) is 0 Å². The number of carbonyl (C=O) groups excluding carboxylic acids is 1. The Hall–Kier alpha value is -2.08. The molecule has 1 amide bonds. The van der Waals surface area contributed by atoms with Crippen LogP contribution in [-0.4, -0.2) is 67.5 Å². The zero-order valence-corrected chi connectivity index (χ0v) is 17.5. The van der Waals surface area contributed by atoms with Gasteiger partial charge in [0.05, 0.1) is 6.10 Å². The van der Waals surface area contributed by atoms with Crippen molar-refractivity contribution in [1.82, 2.24) is 15.1 Å². The van der Waals surface area contributed by atoms with Crippen molar-refractivity contribution in [2.24, 2.45) is 10.9 Å². The van der Waals surface area contributed by atoms with Crippen molar-refractivity contribution in [3.8, 4) is 0 Å². The summed E-state index contributed by atoms with van der Waals surface area (Å²) >= 11 is 0. The van der Waals surface area contributed by atoms with Crippen molar-refractivity contribution in [2.45, 2.75) is 39.7 Å². The second-order valence-corrected chi connectivity index (χ2v) is 7.79. The fraction of sp³-hybridized carbons (Fsp3) is 0.636. The molecule has 0 saturated carbocycles. The Labute approximate surface area is 168 Å². The molecular formula is C22H34N4O2. The summed E-state index contributed by atoms with van der Waals surface area (Å²) < 4.78 is 6.15. The molecule has 3 rings (SSSR count). The number of hydrogen-bond donors (Lipinski definition) is 1. The smallest absolute Gasteiger partial charge is 0.219 e. The average molecular weight is 387 g/mol. The Balaban J connectivity index is 1.67. The van der Waals surface area contributed by atoms with E-state index in [0.717, 1.165) is 64.7 Å². The number of nitrogens with zero attached hydrogens (tertiary/aromatic N) is 3. The van der Waals surface area contributed by atoms with Crippen molar-refractivity contribution >= 4 is 11.9 Å². The van der Waals surface area contributed by atoms with Crippen LogP contribution in [0.4, 0.5) is 0 Å². The summed E-state index contributed by atoms with van der Waals surface area (Å²) in [6.07, 6.45) is 2.35. The summed E-state index contributed by atoms with van der Waals surface area (Å²) in [7, 11) is 0. The van der Waals surface area contributed by atoms with E-state index in [0.29, 0.717) is 5.92 Å². The number of nitrogens with one attached hydrogen (secondary N) is 1. The first-order chi connectivity index (χ1) is 13.6. The predicted molar refractivity (Wildman–Crippen MR) is 112 cm³/mol. The molecule has 1 N–H and O–H groups in total. The maximum absolute atomic E-state index is 11.6. The van der Waals surface area contributed by atoms with E-state index in [1.165, 1.54) is 11.1 Å². The molecule has 0 aromatic heterocycles. The van der Waals surface area contributed by atoms with E-state index in [9.17, 15) is 4.79 Å². The second-order valence-electron chi connectivity index (χ2n) is 7.79. The highest BCUT2D eigenvalue weighted by molar-refractivity contribution is 5.80. The number of guanidine groups is 1. The summed E-state index contributed by atoms with van der Waals surface area (Å²) in [6, 6.07) is 8.70. The van der Waals surface area contributed by atoms with Gasteiger partial charge in [-0.1, -0.05) is 29.8 Å². The van der Waals surface area contributed by atoms with Crippen molar-refractivity contribution in [3.63, 3.8) is 0 Å². The van der Waals surface area contributed by atoms with Gasteiger partial charge in [0.2, 0.25) is 5.91 Å². The van der Waals surface area contributed by atoms with Crippen molar-refractivity contribution < 1.29 is 9.53 Å². The third kappa shape index (κ3) is 5.25. The standard InChI is InChI=1S/C22H34N4O2/c1-4-23-22(26-13-11-25(12-14-26)18(3)27)24-16-20-6-5-15-28-21(20)19-9-7-17(2)8-10-19/h7-10,20-21H,4-6,11-16H2,1-3H3,(H,23,24). The Morgan fingerprint density at radius 2 is 1.86 bits per heavy atom. The van der Waals surface area contributed by atoms with Crippen LogP contribution in [0.25, 0.3) is 0 Å². The first-order valence-corrected chi connectivity index (χ1v) is 10.6. The molecule has 2 atom stereocenters. The van der Waals surface area contributed by atoms with Crippen LogP contribution in [-0.2, 0) is 9.53 Å². The summed E-state index contributed by atoms with van der Waals surface area (Å²) in [5.74, 6) is 1.50. The normalized spacial score (nSPS) is 23.6. The summed E-state index contributed by atoms with van der Waals surface area (Å²) in [5, 5.41) is 3.43. The van der Waals surface area contributed by atoms with Gasteiger partial charge in [-0.3, -0.25) is 9.79 Å². The van der Waals surface area contributed by atoms with Crippen molar-refractivity contribution in [2.75, 3.05) is 45.9 Å². The van der Waals surface area contributed by atoms with Gasteiger partial charge >= 0.3 is 0 Å². The molecule has 0 spiro atoms. The number of ether oxygens (including phenoxy) is 1. The molecule has 2 unspecified atom stereocenters. The summed E-state index contributed by atoms with van der Waals surface area (Å²) in [4.78, 5) is 20.7. The lowest BCUT2D eigenvalue weighted by Crippen LogP contribution is -2.53. The minimum atomic E-state index is 0.121. The second kappa shape index (κ2) is 9.92. The van der Waals surface area contributed by atoms with Gasteiger partial charge in [-0.05, 0) is 32.3 Å². The lowest BCUT2D eigenvalue weighted by molar-refractivity contribution is -0.130. The molecule has 6 heteroatoms. The minimum absolute atomic E-state index is 0.121. The quantitative estimate of drug-likeness (QED) is 0.638. The van der Waals surface area contributed by atoms with Gasteiger partial charge in [0, 0.05) is 58.7 Å². The van der Waals surface area contributed by atoms with Crippen LogP contribution >= 0.6 is 0 Å². The van der Waals surface area contributed by atoms with Gasteiger partial charge in [0.1, 0.15) is 0 Å². The number of piperazine rings is 1. The van der Waals surface area contributed by atoms with Crippen molar-refractivity contribution in [1.29, 1.82) is 0 Å². The molecule has 154 valence electrons. The highest BCUT2D eigenvalue weighted by Crippen LogP contribution is 2.34. The van der Waals surface area contributed by atoms with Crippen LogP contribution in [0.1, 0.15) is 43.9 Å². The van der Waals surface area contributed by atoms with Crippen LogP contribution in [0.2, 0.25) is 0 Å². The fourth-order valence-electron chi connectivity index (χ4n) is 4.02. The van der Waals surface area contributed by atoms with Gasteiger partial charge < -0.3 is 19.9 Å². The van der Waals surface area contributed by atoms with E-state index in [1.807, 2.05) is 4.90 Å². The monoisotopic (exact) mass is 386 g/mol. The van der Waals surface area contributed by atoms with E-state index in [4.69, 9.17) is 9.73 Å². The molecule has 2 fully saturated rings. The SMILES string of the molecule is CCNC(=NCC1CCCOC1c1ccc(C)cc1)N1CCN(C(C)=O)CC1. The number of carbonyl (C=O) groups is 1. The predicted octanol–water partition coefficient (Wildman–Crippen LogP) is 2.59. The number of hydrogen-bond acceptors (Lipinski definition) is 3. The lowest BCUT2D eigenvalue weighted by Gasteiger charge is -2.36. The summed E-state index contributed by atoms with van der Waals surface area (Å²) in [6.45, 7) is 11.5. The number of rotatable bonds is 4. The van der Waals surface area contributed by atoms with E-state index in [1.54, 1.807) is 6.92 Å². The number of aliphatic imine (C=N–C) groups is 1. The number of benzene rings is 1. The zero-order valence-electron chi connectivity index (χ0n) is 17.5. The van der Waals surface area contributed by atoms with Crippen molar-refractivity contribution in [3.05, 3.63) is 35.4 Å². The minimum Gasteiger partial charge on any atom is -0.373 e. The molecule has 0 bridgehead atoms. The van der Waals surface area contributed by atoms with Gasteiger partial charge in [-0.15, -0.1) is 0 Å². The third-order valence-electron chi connectivity index (χ3n) is 5.69. The van der Waals surface area contributed by atoms with Crippen LogP contribution in [0.3, 0.4) is 0 Å². The molecule has 2 saturated heterocycles. The Kier molecular flexibility index (Phi) is 7.31. The molecule has 0 aliphatic carbocycles. The van der Waals surface area contributed by atoms with Crippen LogP contribution in [0.5, 0.6) is 0 Å². The Morgan fingerprint density at radius 1 is 1.18 bits per heavy atom. The molecule has 28 heavy (non-hydrogen) atoms. The van der Waals surface area contributed by atoms with Crippen LogP contribution < -0.4 is 5.32 Å². The Morgan fingerprint density at radius 3 is 2.50 bits per heavy atom. The first-order valence-electron chi connectivity index (χ1n) is 10.6. The van der Waals surface area contributed by atoms with Gasteiger partial charge in [-0.2, -0.15) is 0 Å². The maximum atomic E-state index is 11.6. The molecular weight excluding hydrogens is 352 g/mol. The fourth-order valence-corrected chi connectivity index (χ4v) is 4.02. The number of aryl methyl sites for hydroxylation is 1. The topological polar surface area (TPSA) is 57.2 Å². The van der Waals surface area contributed by atoms with Gasteiger partial charge in [0.15, 0.2) is 5.96 Å². The molecule has 1 aromatic carbocycles. The third-order valence-corrected chi connectivity index (χ3v) is 5.69. The van der Waals surface area contributed by atoms with E-state index < -0.39 is 0 Å². The van der Waals surface area contributed by atoms with E-state index >= 15 is 0 Å². The zero-order chi connectivity index (χ0) is 19.9. The lowest BCUT2D eigenvalue weighted by atomic mass is 9.89. The molecule has 2 aliphatic heterocycles. The molecule has 0 radical (unpaired) electrons. The molecule has 2 heterocycles. The highest BCUT2D eigenvalue weighted by atomic mass is 16.5. The van der Waals surface area contributed by atoms with Gasteiger partial charge in [0.25, 0.3) is 0 Å². The van der Waals surface area contributed by atoms with E-state index in [2.05, 4.69) is 48.3 Å². The van der Waals surface area contributed by atoms with Crippen LogP contribution in [0.15, 0.2) is 29.3 Å². The largest absolute Gasteiger partial charge is 0.373 e. The Bertz CT molecular complexity index is 666. The maximum Gasteiger partial charge on any atom is 0.219 e. The summed E-state index contributed by atoms with van der Waals surface area (Å²) in [5.41, 5.74) is 2.53. The molecule has 6 nitrogen and oxygen atoms in total. The first kappa shape index (κ1) is 20.6. The number of amides is 1. The average Bonchev–Trinajstić information content (AvgIpc) is 2.72. The highest BCUT2D eigenvalue weighted by Gasteiger charge is 2.28. The van der Waals surface area contributed by atoms with Crippen LogP contribution in [0, 0.1) is 12.8 Å².